The molecule has 0 saturated carbocycles. The minimum Gasteiger partial charge on any atom is -0.314 e. The Morgan fingerprint density at radius 3 is 2.30 bits per heavy atom. The smallest absolute Gasteiger partial charge is 0.314 e. The Balaban J connectivity index is 0.00000200. The molecule has 1 aromatic carbocycles. The summed E-state index contributed by atoms with van der Waals surface area (Å²) in [5, 5.41) is 3.15. The summed E-state index contributed by atoms with van der Waals surface area (Å²) >= 11 is 11.8. The highest BCUT2D eigenvalue weighted by molar-refractivity contribution is 6.42. The van der Waals surface area contributed by atoms with E-state index in [1.807, 2.05) is 0 Å². The van der Waals surface area contributed by atoms with Crippen molar-refractivity contribution in [3.8, 4) is 0 Å². The first-order chi connectivity index (χ1) is 8.91. The molecule has 2 rings (SSSR count). The van der Waals surface area contributed by atoms with Crippen LogP contribution < -0.4 is 5.32 Å². The fraction of sp³-hybridized carbons (Fsp3) is 0.500. The molecule has 0 amide bonds. The lowest BCUT2D eigenvalue weighted by molar-refractivity contribution is -0.187. The minimum absolute atomic E-state index is 0. The van der Waals surface area contributed by atoms with Gasteiger partial charge >= 0.3 is 6.18 Å². The number of rotatable bonds is 2. The van der Waals surface area contributed by atoms with Gasteiger partial charge in [-0.05, 0) is 11.6 Å². The SMILES string of the molecule is Cl.FC(F)(F)[C@@H](c1cccc(Cl)c1Cl)N1CCNCC1. The molecule has 1 saturated heterocycles. The van der Waals surface area contributed by atoms with Gasteiger partial charge in [0.15, 0.2) is 0 Å². The summed E-state index contributed by atoms with van der Waals surface area (Å²) in [6, 6.07) is 2.65. The molecule has 20 heavy (non-hydrogen) atoms. The average molecular weight is 350 g/mol. The molecule has 0 aromatic heterocycles. The Morgan fingerprint density at radius 1 is 1.15 bits per heavy atom. The zero-order valence-electron chi connectivity index (χ0n) is 10.4. The highest BCUT2D eigenvalue weighted by Gasteiger charge is 2.45. The second-order valence-corrected chi connectivity index (χ2v) is 5.16. The van der Waals surface area contributed by atoms with Crippen molar-refractivity contribution in [3.63, 3.8) is 0 Å². The number of nitrogens with zero attached hydrogens (tertiary/aromatic N) is 1. The van der Waals surface area contributed by atoms with E-state index in [4.69, 9.17) is 23.2 Å². The van der Waals surface area contributed by atoms with E-state index in [2.05, 4.69) is 5.32 Å². The van der Waals surface area contributed by atoms with Gasteiger partial charge in [-0.2, -0.15) is 13.2 Å². The third kappa shape index (κ3) is 3.92. The second-order valence-electron chi connectivity index (χ2n) is 4.37. The quantitative estimate of drug-likeness (QED) is 0.870. The number of benzene rings is 1. The first-order valence-electron chi connectivity index (χ1n) is 5.86. The van der Waals surface area contributed by atoms with Crippen molar-refractivity contribution < 1.29 is 13.2 Å². The summed E-state index contributed by atoms with van der Waals surface area (Å²) in [4.78, 5) is 1.38. The van der Waals surface area contributed by atoms with Gasteiger partial charge in [0, 0.05) is 26.2 Å². The van der Waals surface area contributed by atoms with E-state index in [0.29, 0.717) is 26.2 Å². The molecule has 0 bridgehead atoms. The molecular formula is C12H14Cl3F3N2. The van der Waals surface area contributed by atoms with Crippen molar-refractivity contribution in [1.82, 2.24) is 10.2 Å². The van der Waals surface area contributed by atoms with Crippen LogP contribution in [-0.2, 0) is 0 Å². The zero-order valence-corrected chi connectivity index (χ0v) is 12.7. The Bertz CT molecular complexity index is 448. The van der Waals surface area contributed by atoms with E-state index >= 15 is 0 Å². The third-order valence-corrected chi connectivity index (χ3v) is 3.94. The van der Waals surface area contributed by atoms with Gasteiger partial charge in [-0.1, -0.05) is 35.3 Å². The van der Waals surface area contributed by atoms with Gasteiger partial charge in [0.1, 0.15) is 6.04 Å². The molecule has 1 heterocycles. The third-order valence-electron chi connectivity index (χ3n) is 3.10. The Morgan fingerprint density at radius 2 is 1.75 bits per heavy atom. The van der Waals surface area contributed by atoms with E-state index < -0.39 is 12.2 Å². The summed E-state index contributed by atoms with van der Waals surface area (Å²) in [6.07, 6.45) is -4.38. The molecule has 0 radical (unpaired) electrons. The van der Waals surface area contributed by atoms with Gasteiger partial charge in [0.25, 0.3) is 0 Å². The molecule has 1 aliphatic heterocycles. The van der Waals surface area contributed by atoms with Crippen LogP contribution in [0.25, 0.3) is 0 Å². The molecule has 2 nitrogen and oxygen atoms in total. The molecule has 0 spiro atoms. The van der Waals surface area contributed by atoms with Crippen LogP contribution in [0.4, 0.5) is 13.2 Å². The maximum absolute atomic E-state index is 13.3. The largest absolute Gasteiger partial charge is 0.408 e. The minimum atomic E-state index is -4.38. The van der Waals surface area contributed by atoms with E-state index in [9.17, 15) is 13.2 Å². The number of piperazine rings is 1. The first-order valence-corrected chi connectivity index (χ1v) is 6.62. The van der Waals surface area contributed by atoms with Crippen molar-refractivity contribution in [2.45, 2.75) is 12.2 Å². The predicted octanol–water partition coefficient (Wildman–Crippen LogP) is 3.92. The summed E-state index contributed by atoms with van der Waals surface area (Å²) in [6.45, 7) is 1.72. The molecule has 1 aromatic rings. The van der Waals surface area contributed by atoms with Crippen LogP contribution in [0.2, 0.25) is 10.0 Å². The van der Waals surface area contributed by atoms with E-state index in [-0.39, 0.29) is 28.0 Å². The molecule has 0 unspecified atom stereocenters. The fourth-order valence-electron chi connectivity index (χ4n) is 2.25. The van der Waals surface area contributed by atoms with E-state index in [1.54, 1.807) is 0 Å². The van der Waals surface area contributed by atoms with Crippen LogP contribution in [0.15, 0.2) is 18.2 Å². The number of nitrogens with one attached hydrogen (secondary N) is 1. The van der Waals surface area contributed by atoms with Crippen LogP contribution in [-0.4, -0.2) is 37.3 Å². The topological polar surface area (TPSA) is 15.3 Å². The Hall–Kier alpha value is -0.200. The fourth-order valence-corrected chi connectivity index (χ4v) is 2.66. The standard InChI is InChI=1S/C12H13Cl2F3N2.ClH/c13-9-3-1-2-8(10(9)14)11(12(15,16)17)19-6-4-18-5-7-19;/h1-3,11,18H,4-7H2;1H/t11-;/m1./s1. The van der Waals surface area contributed by atoms with Crippen LogP contribution >= 0.6 is 35.6 Å². The summed E-state index contributed by atoms with van der Waals surface area (Å²) < 4.78 is 40.0. The van der Waals surface area contributed by atoms with Crippen molar-refractivity contribution in [2.75, 3.05) is 26.2 Å². The first kappa shape index (κ1) is 17.9. The lowest BCUT2D eigenvalue weighted by Gasteiger charge is -2.36. The van der Waals surface area contributed by atoms with E-state index in [1.165, 1.54) is 23.1 Å². The van der Waals surface area contributed by atoms with Gasteiger partial charge in [-0.15, -0.1) is 12.4 Å². The van der Waals surface area contributed by atoms with E-state index in [0.717, 1.165) is 0 Å². The van der Waals surface area contributed by atoms with Crippen LogP contribution in [0.3, 0.4) is 0 Å². The van der Waals surface area contributed by atoms with Crippen molar-refractivity contribution in [3.05, 3.63) is 33.8 Å². The number of halogens is 6. The van der Waals surface area contributed by atoms with Crippen LogP contribution in [0.1, 0.15) is 11.6 Å². The zero-order chi connectivity index (χ0) is 14.0. The second kappa shape index (κ2) is 7.18. The summed E-state index contributed by atoms with van der Waals surface area (Å²) in [5.41, 5.74) is 0.0172. The molecule has 1 N–H and O–H groups in total. The monoisotopic (exact) mass is 348 g/mol. The van der Waals surface area contributed by atoms with Crippen molar-refractivity contribution in [1.29, 1.82) is 0 Å². The number of alkyl halides is 3. The van der Waals surface area contributed by atoms with Crippen molar-refractivity contribution in [2.24, 2.45) is 0 Å². The molecular weight excluding hydrogens is 335 g/mol. The molecule has 0 aliphatic carbocycles. The normalized spacial score (nSPS) is 18.4. The summed E-state index contributed by atoms with van der Waals surface area (Å²) in [5.74, 6) is 0. The summed E-state index contributed by atoms with van der Waals surface area (Å²) in [7, 11) is 0. The Labute approximate surface area is 131 Å². The maximum atomic E-state index is 13.3. The highest BCUT2D eigenvalue weighted by Crippen LogP contribution is 2.42. The highest BCUT2D eigenvalue weighted by atomic mass is 35.5. The van der Waals surface area contributed by atoms with Gasteiger partial charge in [0.2, 0.25) is 0 Å². The maximum Gasteiger partial charge on any atom is 0.408 e. The molecule has 1 fully saturated rings. The van der Waals surface area contributed by atoms with Gasteiger partial charge in [-0.3, -0.25) is 4.90 Å². The lowest BCUT2D eigenvalue weighted by atomic mass is 10.0. The van der Waals surface area contributed by atoms with Crippen molar-refractivity contribution >= 4 is 35.6 Å². The van der Waals surface area contributed by atoms with Crippen LogP contribution in [0, 0.1) is 0 Å². The lowest BCUT2D eigenvalue weighted by Crippen LogP contribution is -2.49. The molecule has 8 heteroatoms. The molecule has 1 atom stereocenters. The number of hydrogen-bond donors (Lipinski definition) is 1. The average Bonchev–Trinajstić information content (AvgIpc) is 2.35. The van der Waals surface area contributed by atoms with Crippen LogP contribution in [0.5, 0.6) is 0 Å². The molecule has 1 aliphatic rings. The van der Waals surface area contributed by atoms with Gasteiger partial charge in [-0.25, -0.2) is 0 Å². The Kier molecular flexibility index (Phi) is 6.41. The molecule has 114 valence electrons. The van der Waals surface area contributed by atoms with Gasteiger partial charge in [0.05, 0.1) is 10.0 Å². The van der Waals surface area contributed by atoms with Gasteiger partial charge < -0.3 is 5.32 Å². The predicted molar refractivity (Wildman–Crippen MR) is 76.9 cm³/mol. The number of hydrogen-bond acceptors (Lipinski definition) is 2.